The maximum atomic E-state index is 12.2. The number of rotatable bonds is 1. The van der Waals surface area contributed by atoms with E-state index >= 15 is 0 Å². The minimum atomic E-state index is -0.572. The molecule has 6 nitrogen and oxygen atoms in total. The molecule has 3 N–H and O–H groups in total. The second kappa shape index (κ2) is 7.56. The summed E-state index contributed by atoms with van der Waals surface area (Å²) in [5, 5.41) is 3.00. The number of aryl methyl sites for hydroxylation is 1. The van der Waals surface area contributed by atoms with Crippen LogP contribution in [0.3, 0.4) is 0 Å². The van der Waals surface area contributed by atoms with Gasteiger partial charge in [-0.2, -0.15) is 0 Å². The van der Waals surface area contributed by atoms with Crippen LogP contribution in [0.4, 0.5) is 0 Å². The molecular weight excluding hydrogens is 268 g/mol. The lowest BCUT2D eigenvalue weighted by molar-refractivity contribution is -0.123. The van der Waals surface area contributed by atoms with Crippen LogP contribution in [0.1, 0.15) is 32.4 Å². The van der Waals surface area contributed by atoms with E-state index in [0.717, 1.165) is 25.1 Å². The number of ether oxygens (including phenoxy) is 1. The molecule has 2 rings (SSSR count). The van der Waals surface area contributed by atoms with Gasteiger partial charge in [-0.3, -0.25) is 4.79 Å². The first-order valence-electron chi connectivity index (χ1n) is 7.70. The Hall–Kier alpha value is -1.40. The zero-order valence-corrected chi connectivity index (χ0v) is 12.9. The van der Waals surface area contributed by atoms with Crippen LogP contribution in [0, 0.1) is 5.92 Å². The molecule has 1 aliphatic rings. The lowest BCUT2D eigenvalue weighted by atomic mass is 10.0. The Morgan fingerprint density at radius 1 is 1.48 bits per heavy atom. The molecule has 0 saturated carbocycles. The number of imidazole rings is 1. The Morgan fingerprint density at radius 3 is 3.05 bits per heavy atom. The maximum absolute atomic E-state index is 12.2. The lowest BCUT2D eigenvalue weighted by Gasteiger charge is -2.24. The Kier molecular flexibility index (Phi) is 5.76. The number of hydrogen-bond donors (Lipinski definition) is 2. The quantitative estimate of drug-likeness (QED) is 0.799. The van der Waals surface area contributed by atoms with Gasteiger partial charge in [-0.15, -0.1) is 0 Å². The average molecular weight is 294 g/mol. The van der Waals surface area contributed by atoms with Crippen molar-refractivity contribution >= 4 is 5.91 Å². The van der Waals surface area contributed by atoms with Gasteiger partial charge in [0.25, 0.3) is 0 Å². The van der Waals surface area contributed by atoms with Crippen molar-refractivity contribution in [3.8, 4) is 0 Å². The van der Waals surface area contributed by atoms with Gasteiger partial charge in [0.2, 0.25) is 5.91 Å². The fourth-order valence-electron chi connectivity index (χ4n) is 2.35. The van der Waals surface area contributed by atoms with Gasteiger partial charge in [-0.05, 0) is 18.8 Å². The Morgan fingerprint density at radius 2 is 2.29 bits per heavy atom. The molecule has 21 heavy (non-hydrogen) atoms. The highest BCUT2D eigenvalue weighted by Gasteiger charge is 2.21. The summed E-state index contributed by atoms with van der Waals surface area (Å²) in [6, 6.07) is -0.568. The van der Waals surface area contributed by atoms with E-state index in [2.05, 4.69) is 24.1 Å². The zero-order valence-electron chi connectivity index (χ0n) is 12.9. The van der Waals surface area contributed by atoms with E-state index in [1.807, 2.05) is 10.8 Å². The number of hydrogen-bond acceptors (Lipinski definition) is 4. The Bertz CT molecular complexity index is 458. The molecule has 1 aromatic rings. The number of nitrogens with two attached hydrogens (primary N) is 1. The van der Waals surface area contributed by atoms with Gasteiger partial charge in [-0.1, -0.05) is 13.8 Å². The first kappa shape index (κ1) is 16.0. The molecular formula is C15H26N4O2. The van der Waals surface area contributed by atoms with Gasteiger partial charge >= 0.3 is 0 Å². The van der Waals surface area contributed by atoms with Gasteiger partial charge in [0.05, 0.1) is 30.7 Å². The molecule has 0 saturated heterocycles. The average Bonchev–Trinajstić information content (AvgIpc) is 2.87. The Balaban J connectivity index is 2.06. The number of amides is 1. The van der Waals surface area contributed by atoms with E-state index in [1.165, 1.54) is 0 Å². The molecule has 1 amide bonds. The van der Waals surface area contributed by atoms with Crippen LogP contribution in [0.2, 0.25) is 0 Å². The summed E-state index contributed by atoms with van der Waals surface area (Å²) in [7, 11) is 0. The third-order valence-corrected chi connectivity index (χ3v) is 3.84. The fourth-order valence-corrected chi connectivity index (χ4v) is 2.35. The molecule has 1 aliphatic heterocycles. The van der Waals surface area contributed by atoms with Crippen LogP contribution < -0.4 is 11.1 Å². The topological polar surface area (TPSA) is 82.2 Å². The van der Waals surface area contributed by atoms with E-state index in [4.69, 9.17) is 10.5 Å². The highest BCUT2D eigenvalue weighted by atomic mass is 16.5. The molecule has 2 bridgehead atoms. The van der Waals surface area contributed by atoms with Gasteiger partial charge < -0.3 is 20.4 Å². The van der Waals surface area contributed by atoms with Crippen molar-refractivity contribution < 1.29 is 9.53 Å². The smallest absolute Gasteiger partial charge is 0.237 e. The number of fused-ring (bicyclic) bond motifs is 2. The lowest BCUT2D eigenvalue weighted by Crippen LogP contribution is -2.49. The third-order valence-electron chi connectivity index (χ3n) is 3.84. The Labute approximate surface area is 126 Å². The van der Waals surface area contributed by atoms with Crippen molar-refractivity contribution in [1.82, 2.24) is 14.9 Å². The van der Waals surface area contributed by atoms with E-state index in [9.17, 15) is 4.79 Å². The van der Waals surface area contributed by atoms with Gasteiger partial charge in [0.1, 0.15) is 0 Å². The molecule has 1 aromatic heterocycles. The first-order valence-corrected chi connectivity index (χ1v) is 7.70. The standard InChI is InChI=1S/C15H26N4O2/c1-11(2)14-9-21-6-4-3-5-19-8-12(17-10-19)7-13(16)15(20)18-14/h8,10-11,13-14H,3-7,9,16H2,1-2H3,(H,18,20)/t13-,14-/m1/s1. The van der Waals surface area contributed by atoms with Gasteiger partial charge in [-0.25, -0.2) is 4.98 Å². The molecule has 0 spiro atoms. The van der Waals surface area contributed by atoms with Crippen molar-refractivity contribution in [2.24, 2.45) is 11.7 Å². The molecule has 2 atom stereocenters. The molecule has 0 radical (unpaired) electrons. The van der Waals surface area contributed by atoms with Crippen LogP contribution in [0.25, 0.3) is 0 Å². The minimum Gasteiger partial charge on any atom is -0.379 e. The first-order chi connectivity index (χ1) is 10.1. The largest absolute Gasteiger partial charge is 0.379 e. The summed E-state index contributed by atoms with van der Waals surface area (Å²) < 4.78 is 7.74. The molecule has 0 aliphatic carbocycles. The molecule has 6 heteroatoms. The normalized spacial score (nSPS) is 25.4. The highest BCUT2D eigenvalue weighted by Crippen LogP contribution is 2.07. The van der Waals surface area contributed by atoms with E-state index in [1.54, 1.807) is 6.33 Å². The van der Waals surface area contributed by atoms with Crippen molar-refractivity contribution in [2.45, 2.75) is 51.7 Å². The van der Waals surface area contributed by atoms with Gasteiger partial charge in [0, 0.05) is 25.8 Å². The zero-order chi connectivity index (χ0) is 15.2. The summed E-state index contributed by atoms with van der Waals surface area (Å²) in [6.45, 7) is 6.33. The summed E-state index contributed by atoms with van der Waals surface area (Å²) >= 11 is 0. The summed E-state index contributed by atoms with van der Waals surface area (Å²) in [5.74, 6) is 0.178. The molecule has 0 unspecified atom stereocenters. The molecule has 0 fully saturated rings. The molecule has 2 heterocycles. The second-order valence-corrected chi connectivity index (χ2v) is 6.05. The van der Waals surface area contributed by atoms with Crippen molar-refractivity contribution in [2.75, 3.05) is 13.2 Å². The number of nitrogens with one attached hydrogen (secondary N) is 1. The van der Waals surface area contributed by atoms with E-state index in [0.29, 0.717) is 25.6 Å². The summed E-state index contributed by atoms with van der Waals surface area (Å²) in [6.07, 6.45) is 6.30. The fraction of sp³-hybridized carbons (Fsp3) is 0.733. The van der Waals surface area contributed by atoms with Crippen molar-refractivity contribution in [3.05, 3.63) is 18.2 Å². The SMILES string of the molecule is CC(C)[C@H]1COCCCCn2cnc(c2)C[C@@H](N)C(=O)N1. The van der Waals surface area contributed by atoms with Crippen LogP contribution in [-0.2, 0) is 22.5 Å². The number of carbonyl (C=O) groups is 1. The van der Waals surface area contributed by atoms with E-state index in [-0.39, 0.29) is 11.9 Å². The number of aromatic nitrogens is 2. The summed E-state index contributed by atoms with van der Waals surface area (Å²) in [5.41, 5.74) is 6.86. The van der Waals surface area contributed by atoms with Crippen LogP contribution in [0.15, 0.2) is 12.5 Å². The minimum absolute atomic E-state index is 0.00375. The van der Waals surface area contributed by atoms with Crippen LogP contribution in [-0.4, -0.2) is 40.8 Å². The summed E-state index contributed by atoms with van der Waals surface area (Å²) in [4.78, 5) is 16.5. The van der Waals surface area contributed by atoms with E-state index < -0.39 is 6.04 Å². The second-order valence-electron chi connectivity index (χ2n) is 6.05. The third kappa shape index (κ3) is 4.82. The highest BCUT2D eigenvalue weighted by molar-refractivity contribution is 5.82. The predicted octanol–water partition coefficient (Wildman–Crippen LogP) is 0.704. The monoisotopic (exact) mass is 294 g/mol. The van der Waals surface area contributed by atoms with Crippen LogP contribution in [0.5, 0.6) is 0 Å². The van der Waals surface area contributed by atoms with Crippen molar-refractivity contribution in [3.63, 3.8) is 0 Å². The number of nitrogens with zero attached hydrogens (tertiary/aromatic N) is 2. The van der Waals surface area contributed by atoms with Crippen LogP contribution >= 0.6 is 0 Å². The predicted molar refractivity (Wildman–Crippen MR) is 80.7 cm³/mol. The maximum Gasteiger partial charge on any atom is 0.237 e. The van der Waals surface area contributed by atoms with Crippen molar-refractivity contribution in [1.29, 1.82) is 0 Å². The molecule has 0 aromatic carbocycles. The van der Waals surface area contributed by atoms with Gasteiger partial charge in [0.15, 0.2) is 0 Å². The number of carbonyl (C=O) groups excluding carboxylic acids is 1. The molecule has 118 valence electrons.